The van der Waals surface area contributed by atoms with Gasteiger partial charge < -0.3 is 40.3 Å². The van der Waals surface area contributed by atoms with E-state index in [1.807, 2.05) is 6.08 Å². The van der Waals surface area contributed by atoms with Crippen molar-refractivity contribution in [2.45, 2.75) is 448 Å². The Kier molecular flexibility index (Phi) is 68.5. The first-order chi connectivity index (χ1) is 45.3. The Labute approximate surface area is 570 Å². The van der Waals surface area contributed by atoms with Crippen molar-refractivity contribution in [3.63, 3.8) is 0 Å². The lowest BCUT2D eigenvalue weighted by Gasteiger charge is -2.40. The van der Waals surface area contributed by atoms with E-state index in [9.17, 15) is 30.3 Å². The zero-order valence-corrected chi connectivity index (χ0v) is 60.8. The highest BCUT2D eigenvalue weighted by atomic mass is 16.7. The molecule has 1 saturated heterocycles. The Morgan fingerprint density at radius 1 is 0.370 bits per heavy atom. The predicted molar refractivity (Wildman–Crippen MR) is 396 cm³/mol. The van der Waals surface area contributed by atoms with Crippen LogP contribution in [0.1, 0.15) is 406 Å². The average Bonchev–Trinajstić information content (AvgIpc) is 1.00. The molecule has 0 aromatic carbocycles. The van der Waals surface area contributed by atoms with Crippen molar-refractivity contribution in [2.75, 3.05) is 13.2 Å². The fourth-order valence-electron chi connectivity index (χ4n) is 13.0. The highest BCUT2D eigenvalue weighted by Gasteiger charge is 2.44. The van der Waals surface area contributed by atoms with Gasteiger partial charge in [-0.05, 0) is 70.6 Å². The number of aliphatic hydroxyl groups is 5. The summed E-state index contributed by atoms with van der Waals surface area (Å²) in [5, 5.41) is 54.9. The predicted octanol–water partition coefficient (Wildman–Crippen LogP) is 23.3. The zero-order valence-electron chi connectivity index (χ0n) is 60.8. The molecule has 1 heterocycles. The molecule has 540 valence electrons. The standard InChI is InChI=1S/C83H155NO8/c1-3-5-7-9-11-13-15-17-19-21-23-25-27-29-31-33-35-37-38-39-40-41-43-45-47-49-51-53-55-57-59-61-63-65-67-69-71-73-79(87)84-76(75-91-83-82(90)81(89)80(88)78(74-85)92-83)77(86)72-70-68-66-64-62-60-58-56-54-52-50-48-46-44-42-36-34-32-30-28-26-24-22-20-18-16-14-12-10-8-6-4-2/h15,17,21,23,27,29,62,64,70,72,76-78,80-83,85-86,88-90H,3-14,16,18-20,22,24-26,28,30-61,63,65-69,71,73-75H2,1-2H3,(H,84,87)/b17-15-,23-21-,29-27-,64-62+,72-70+. The number of carbonyl (C=O) groups excluding carboxylic acids is 1. The van der Waals surface area contributed by atoms with Crippen molar-refractivity contribution in [3.05, 3.63) is 60.8 Å². The van der Waals surface area contributed by atoms with E-state index < -0.39 is 49.5 Å². The number of unbranched alkanes of at least 4 members (excludes halogenated alkanes) is 54. The third kappa shape index (κ3) is 59.2. The van der Waals surface area contributed by atoms with Gasteiger partial charge in [0, 0.05) is 6.42 Å². The third-order valence-electron chi connectivity index (χ3n) is 19.3. The van der Waals surface area contributed by atoms with E-state index in [2.05, 4.69) is 67.8 Å². The Bertz CT molecular complexity index is 1650. The molecule has 7 unspecified atom stereocenters. The molecule has 0 spiro atoms. The number of allylic oxidation sites excluding steroid dienone is 9. The summed E-state index contributed by atoms with van der Waals surface area (Å²) in [5.74, 6) is -0.179. The van der Waals surface area contributed by atoms with E-state index in [4.69, 9.17) is 9.47 Å². The number of nitrogens with one attached hydrogen (secondary N) is 1. The smallest absolute Gasteiger partial charge is 0.220 e. The number of amides is 1. The number of ether oxygens (including phenoxy) is 2. The molecule has 0 aromatic heterocycles. The molecule has 9 nitrogen and oxygen atoms in total. The van der Waals surface area contributed by atoms with Crippen LogP contribution in [0.2, 0.25) is 0 Å². The van der Waals surface area contributed by atoms with Crippen molar-refractivity contribution < 1.29 is 39.8 Å². The van der Waals surface area contributed by atoms with Crippen LogP contribution in [0.3, 0.4) is 0 Å². The molecule has 9 heteroatoms. The molecule has 1 fully saturated rings. The first-order valence-corrected chi connectivity index (χ1v) is 40.5. The molecule has 6 N–H and O–H groups in total. The Morgan fingerprint density at radius 3 is 0.989 bits per heavy atom. The molecule has 0 radical (unpaired) electrons. The minimum atomic E-state index is -1.57. The largest absolute Gasteiger partial charge is 0.394 e. The number of hydrogen-bond acceptors (Lipinski definition) is 8. The molecule has 0 aromatic rings. The molecule has 7 atom stereocenters. The van der Waals surface area contributed by atoms with Gasteiger partial charge in [-0.15, -0.1) is 0 Å². The number of hydrogen-bond donors (Lipinski definition) is 6. The van der Waals surface area contributed by atoms with E-state index in [1.54, 1.807) is 6.08 Å². The Balaban J connectivity index is 2.08. The van der Waals surface area contributed by atoms with E-state index in [0.717, 1.165) is 51.4 Å². The fourth-order valence-corrected chi connectivity index (χ4v) is 13.0. The Hall–Kier alpha value is -2.11. The van der Waals surface area contributed by atoms with Crippen molar-refractivity contribution in [1.82, 2.24) is 5.32 Å². The van der Waals surface area contributed by atoms with Gasteiger partial charge in [0.2, 0.25) is 5.91 Å². The van der Waals surface area contributed by atoms with Crippen LogP contribution in [0.25, 0.3) is 0 Å². The van der Waals surface area contributed by atoms with Crippen LogP contribution in [0.15, 0.2) is 60.8 Å². The van der Waals surface area contributed by atoms with Gasteiger partial charge in [0.15, 0.2) is 6.29 Å². The first-order valence-electron chi connectivity index (χ1n) is 40.5. The molecule has 1 rings (SSSR count). The molecule has 1 aliphatic heterocycles. The normalized spacial score (nSPS) is 17.9. The monoisotopic (exact) mass is 1290 g/mol. The lowest BCUT2D eigenvalue weighted by Crippen LogP contribution is -2.60. The van der Waals surface area contributed by atoms with Gasteiger partial charge in [0.05, 0.1) is 25.4 Å². The molecule has 1 aliphatic rings. The maximum Gasteiger partial charge on any atom is 0.220 e. The van der Waals surface area contributed by atoms with Crippen LogP contribution >= 0.6 is 0 Å². The summed E-state index contributed by atoms with van der Waals surface area (Å²) in [6, 6.07) is -0.824. The maximum absolute atomic E-state index is 13.2. The van der Waals surface area contributed by atoms with Gasteiger partial charge in [0.25, 0.3) is 0 Å². The number of rotatable bonds is 72. The molecule has 0 saturated carbocycles. The first kappa shape index (κ1) is 87.9. The lowest BCUT2D eigenvalue weighted by molar-refractivity contribution is -0.302. The number of carbonyl (C=O) groups is 1. The van der Waals surface area contributed by atoms with Crippen LogP contribution in [0.4, 0.5) is 0 Å². The van der Waals surface area contributed by atoms with Gasteiger partial charge in [0.1, 0.15) is 24.4 Å². The van der Waals surface area contributed by atoms with Crippen LogP contribution in [0.5, 0.6) is 0 Å². The van der Waals surface area contributed by atoms with Crippen LogP contribution in [-0.2, 0) is 14.3 Å². The summed E-state index contributed by atoms with van der Waals surface area (Å²) < 4.78 is 11.3. The van der Waals surface area contributed by atoms with E-state index >= 15 is 0 Å². The second-order valence-electron chi connectivity index (χ2n) is 28.2. The van der Waals surface area contributed by atoms with E-state index in [1.165, 1.54) is 334 Å². The molecular weight excluding hydrogens is 1140 g/mol. The maximum atomic E-state index is 13.2. The van der Waals surface area contributed by atoms with E-state index in [-0.39, 0.29) is 12.5 Å². The van der Waals surface area contributed by atoms with Gasteiger partial charge in [-0.1, -0.05) is 389 Å². The topological polar surface area (TPSA) is 149 Å². The zero-order chi connectivity index (χ0) is 66.4. The van der Waals surface area contributed by atoms with Gasteiger partial charge in [-0.25, -0.2) is 0 Å². The third-order valence-corrected chi connectivity index (χ3v) is 19.3. The lowest BCUT2D eigenvalue weighted by atomic mass is 9.99. The summed E-state index contributed by atoms with van der Waals surface area (Å²) in [7, 11) is 0. The minimum absolute atomic E-state index is 0.179. The minimum Gasteiger partial charge on any atom is -0.394 e. The highest BCUT2D eigenvalue weighted by Crippen LogP contribution is 2.24. The summed E-state index contributed by atoms with van der Waals surface area (Å²) in [5.41, 5.74) is 0. The SMILES string of the molecule is CCCCCCC/C=C\C/C=C\C/C=C\CCCCCCCCCCCCCCCCCCCCCCCCC(=O)NC(COC1OC(CO)C(O)C(O)C1O)C(O)/C=C/CC/C=C/CCCCCCCCCCCCCCCCCCCCCCCCCCCC. The summed E-state index contributed by atoms with van der Waals surface area (Å²) in [4.78, 5) is 13.2. The average molecular weight is 1300 g/mol. The van der Waals surface area contributed by atoms with Crippen LogP contribution in [-0.4, -0.2) is 87.5 Å². The highest BCUT2D eigenvalue weighted by molar-refractivity contribution is 5.76. The summed E-state index contributed by atoms with van der Waals surface area (Å²) in [6.07, 6.45) is 93.8. The molecule has 0 aliphatic carbocycles. The van der Waals surface area contributed by atoms with Gasteiger partial charge in [-0.3, -0.25) is 4.79 Å². The van der Waals surface area contributed by atoms with Crippen molar-refractivity contribution in [1.29, 1.82) is 0 Å². The quantitative estimate of drug-likeness (QED) is 0.0261. The van der Waals surface area contributed by atoms with Gasteiger partial charge >= 0.3 is 0 Å². The van der Waals surface area contributed by atoms with E-state index in [0.29, 0.717) is 6.42 Å². The van der Waals surface area contributed by atoms with Crippen LogP contribution < -0.4 is 5.32 Å². The second kappa shape index (κ2) is 71.7. The van der Waals surface area contributed by atoms with Crippen LogP contribution in [0, 0.1) is 0 Å². The van der Waals surface area contributed by atoms with Gasteiger partial charge in [-0.2, -0.15) is 0 Å². The molecule has 92 heavy (non-hydrogen) atoms. The molecule has 0 bridgehead atoms. The van der Waals surface area contributed by atoms with Crippen molar-refractivity contribution >= 4 is 5.91 Å². The fraction of sp³-hybridized carbons (Fsp3) is 0.867. The van der Waals surface area contributed by atoms with Crippen molar-refractivity contribution in [2.24, 2.45) is 0 Å². The molecular formula is C83H155NO8. The number of aliphatic hydroxyl groups excluding tert-OH is 5. The summed E-state index contributed by atoms with van der Waals surface area (Å²) in [6.45, 7) is 3.81. The molecule has 1 amide bonds. The second-order valence-corrected chi connectivity index (χ2v) is 28.2. The summed E-state index contributed by atoms with van der Waals surface area (Å²) >= 11 is 0. The Morgan fingerprint density at radius 2 is 0.652 bits per heavy atom. The van der Waals surface area contributed by atoms with Crippen molar-refractivity contribution in [3.8, 4) is 0 Å².